The molecule has 0 unspecified atom stereocenters. The Morgan fingerprint density at radius 1 is 1.08 bits per heavy atom. The monoisotopic (exact) mass is 365 g/mol. The Morgan fingerprint density at radius 3 is 2.38 bits per heavy atom. The van der Waals surface area contributed by atoms with Crippen LogP contribution in [0, 0.1) is 6.92 Å². The molecule has 0 N–H and O–H groups in total. The summed E-state index contributed by atoms with van der Waals surface area (Å²) in [6.45, 7) is 3.94. The second-order valence-electron chi connectivity index (χ2n) is 5.84. The molecule has 0 saturated heterocycles. The zero-order valence-corrected chi connectivity index (χ0v) is 15.2. The molecule has 0 aromatic heterocycles. The van der Waals surface area contributed by atoms with Crippen LogP contribution >= 0.6 is 0 Å². The van der Waals surface area contributed by atoms with E-state index in [2.05, 4.69) is 0 Å². The summed E-state index contributed by atoms with van der Waals surface area (Å²) in [5.41, 5.74) is 2.29. The third kappa shape index (κ3) is 2.82. The summed E-state index contributed by atoms with van der Waals surface area (Å²) < 4.78 is 51.4. The number of rotatable bonds is 4. The molecule has 0 amide bonds. The van der Waals surface area contributed by atoms with E-state index in [-0.39, 0.29) is 22.1 Å². The number of sulfonamides is 1. The van der Waals surface area contributed by atoms with Gasteiger partial charge in [0.2, 0.25) is 0 Å². The average molecular weight is 365 g/mol. The first-order valence-electron chi connectivity index (χ1n) is 7.71. The highest BCUT2D eigenvalue weighted by molar-refractivity contribution is 7.93. The summed E-state index contributed by atoms with van der Waals surface area (Å²) in [7, 11) is -7.19. The summed E-state index contributed by atoms with van der Waals surface area (Å²) in [5.74, 6) is 0.0429. The molecule has 0 atom stereocenters. The first kappa shape index (κ1) is 17.0. The second-order valence-corrected chi connectivity index (χ2v) is 9.78. The molecule has 0 aliphatic carbocycles. The smallest absolute Gasteiger partial charge is 0.264 e. The van der Waals surface area contributed by atoms with E-state index in [0.717, 1.165) is 5.56 Å². The minimum absolute atomic E-state index is 0.00847. The van der Waals surface area contributed by atoms with Crippen LogP contribution in [0.15, 0.2) is 52.3 Å². The van der Waals surface area contributed by atoms with E-state index in [1.165, 1.54) is 16.4 Å². The molecule has 0 spiro atoms. The zero-order valence-electron chi connectivity index (χ0n) is 13.6. The number of anilines is 1. The van der Waals surface area contributed by atoms with Gasteiger partial charge in [-0.3, -0.25) is 4.31 Å². The van der Waals surface area contributed by atoms with E-state index in [1.807, 2.05) is 19.1 Å². The Morgan fingerprint density at radius 2 is 1.75 bits per heavy atom. The summed E-state index contributed by atoms with van der Waals surface area (Å²) in [5, 5.41) is 0. The third-order valence-electron chi connectivity index (χ3n) is 4.21. The van der Waals surface area contributed by atoms with Gasteiger partial charge in [0.25, 0.3) is 10.0 Å². The van der Waals surface area contributed by atoms with Crippen LogP contribution in [0.25, 0.3) is 0 Å². The molecule has 2 aromatic rings. The van der Waals surface area contributed by atoms with Gasteiger partial charge in [-0.2, -0.15) is 0 Å². The normalized spacial score (nSPS) is 15.9. The van der Waals surface area contributed by atoms with Gasteiger partial charge in [-0.05, 0) is 50.1 Å². The van der Waals surface area contributed by atoms with Crippen molar-refractivity contribution in [3.63, 3.8) is 0 Å². The Balaban J connectivity index is 2.09. The van der Waals surface area contributed by atoms with Crippen LogP contribution in [0.1, 0.15) is 18.1 Å². The van der Waals surface area contributed by atoms with Gasteiger partial charge in [-0.1, -0.05) is 23.8 Å². The first-order chi connectivity index (χ1) is 11.3. The van der Waals surface area contributed by atoms with Crippen molar-refractivity contribution < 1.29 is 16.8 Å². The van der Waals surface area contributed by atoms with Crippen molar-refractivity contribution in [3.05, 3.63) is 53.6 Å². The predicted octanol–water partition coefficient (Wildman–Crippen LogP) is 2.54. The third-order valence-corrected chi connectivity index (χ3v) is 7.90. The largest absolute Gasteiger partial charge is 0.267 e. The molecule has 128 valence electrons. The quantitative estimate of drug-likeness (QED) is 0.835. The predicted molar refractivity (Wildman–Crippen MR) is 93.6 cm³/mol. The molecule has 0 saturated carbocycles. The van der Waals surface area contributed by atoms with Crippen molar-refractivity contribution in [1.82, 2.24) is 0 Å². The number of nitrogens with zero attached hydrogens (tertiary/aromatic N) is 1. The molecule has 0 fully saturated rings. The highest BCUT2D eigenvalue weighted by Crippen LogP contribution is 2.31. The minimum atomic E-state index is -3.82. The lowest BCUT2D eigenvalue weighted by atomic mass is 10.2. The zero-order chi connectivity index (χ0) is 17.5. The number of benzene rings is 2. The molecule has 24 heavy (non-hydrogen) atoms. The number of aryl methyl sites for hydroxylation is 2. The van der Waals surface area contributed by atoms with E-state index in [9.17, 15) is 16.8 Å². The fourth-order valence-electron chi connectivity index (χ4n) is 2.88. The SMILES string of the molecule is CCN(c1ccc(C)cc1)S(=O)(=O)c1ccc2c(c1)S(=O)(=O)CC2. The van der Waals surface area contributed by atoms with Crippen molar-refractivity contribution in [2.75, 3.05) is 16.6 Å². The van der Waals surface area contributed by atoms with Crippen molar-refractivity contribution in [2.24, 2.45) is 0 Å². The lowest BCUT2D eigenvalue weighted by Gasteiger charge is -2.23. The number of sulfone groups is 1. The van der Waals surface area contributed by atoms with Crippen LogP contribution < -0.4 is 4.31 Å². The Hall–Kier alpha value is -1.86. The molecule has 3 rings (SSSR count). The molecular formula is C17H19NO4S2. The van der Waals surface area contributed by atoms with Crippen molar-refractivity contribution in [3.8, 4) is 0 Å². The Labute approximate surface area is 142 Å². The lowest BCUT2D eigenvalue weighted by molar-refractivity contribution is 0.591. The molecule has 5 nitrogen and oxygen atoms in total. The standard InChI is InChI=1S/C17H19NO4S2/c1-3-18(15-7-4-13(2)5-8-15)24(21,22)16-9-6-14-10-11-23(19,20)17(14)12-16/h4-9,12H,3,10-11H2,1-2H3. The van der Waals surface area contributed by atoms with Gasteiger partial charge in [0, 0.05) is 6.54 Å². The first-order valence-corrected chi connectivity index (χ1v) is 10.8. The van der Waals surface area contributed by atoms with Crippen LogP contribution in [0.2, 0.25) is 0 Å². The van der Waals surface area contributed by atoms with Gasteiger partial charge >= 0.3 is 0 Å². The molecular weight excluding hydrogens is 346 g/mol. The molecule has 1 heterocycles. The maximum absolute atomic E-state index is 13.0. The maximum Gasteiger partial charge on any atom is 0.264 e. The van der Waals surface area contributed by atoms with Gasteiger partial charge in [0.05, 0.1) is 21.2 Å². The summed E-state index contributed by atoms with van der Waals surface area (Å²) in [6.07, 6.45) is 0.438. The molecule has 0 radical (unpaired) electrons. The van der Waals surface area contributed by atoms with Gasteiger partial charge in [-0.15, -0.1) is 0 Å². The van der Waals surface area contributed by atoms with Crippen LogP contribution in [0.4, 0.5) is 5.69 Å². The lowest BCUT2D eigenvalue weighted by Crippen LogP contribution is -2.30. The highest BCUT2D eigenvalue weighted by atomic mass is 32.2. The molecule has 1 aliphatic rings. The number of hydrogen-bond donors (Lipinski definition) is 0. The average Bonchev–Trinajstić information content (AvgIpc) is 2.85. The maximum atomic E-state index is 13.0. The van der Waals surface area contributed by atoms with Gasteiger partial charge in [0.15, 0.2) is 9.84 Å². The topological polar surface area (TPSA) is 71.5 Å². The van der Waals surface area contributed by atoms with Gasteiger partial charge < -0.3 is 0 Å². The fraction of sp³-hybridized carbons (Fsp3) is 0.294. The summed E-state index contributed by atoms with van der Waals surface area (Å²) in [6, 6.07) is 11.6. The number of fused-ring (bicyclic) bond motifs is 1. The van der Waals surface area contributed by atoms with Gasteiger partial charge in [-0.25, -0.2) is 16.8 Å². The van der Waals surface area contributed by atoms with E-state index in [4.69, 9.17) is 0 Å². The van der Waals surface area contributed by atoms with E-state index in [1.54, 1.807) is 25.1 Å². The Kier molecular flexibility index (Phi) is 4.17. The van der Waals surface area contributed by atoms with Crippen LogP contribution in [-0.2, 0) is 26.3 Å². The van der Waals surface area contributed by atoms with E-state index in [0.29, 0.717) is 17.7 Å². The highest BCUT2D eigenvalue weighted by Gasteiger charge is 2.30. The molecule has 1 aliphatic heterocycles. The van der Waals surface area contributed by atoms with Crippen LogP contribution in [-0.4, -0.2) is 29.1 Å². The summed E-state index contributed by atoms with van der Waals surface area (Å²) >= 11 is 0. The summed E-state index contributed by atoms with van der Waals surface area (Å²) in [4.78, 5) is 0.151. The molecule has 0 bridgehead atoms. The van der Waals surface area contributed by atoms with Crippen LogP contribution in [0.3, 0.4) is 0 Å². The van der Waals surface area contributed by atoms with E-state index < -0.39 is 19.9 Å². The van der Waals surface area contributed by atoms with Crippen molar-refractivity contribution in [2.45, 2.75) is 30.1 Å². The van der Waals surface area contributed by atoms with Crippen molar-refractivity contribution >= 4 is 25.5 Å². The minimum Gasteiger partial charge on any atom is -0.267 e. The second kappa shape index (κ2) is 5.89. The molecule has 2 aromatic carbocycles. The fourth-order valence-corrected chi connectivity index (χ4v) is 6.03. The molecule has 7 heteroatoms. The van der Waals surface area contributed by atoms with Gasteiger partial charge in [0.1, 0.15) is 0 Å². The Bertz CT molecular complexity index is 978. The van der Waals surface area contributed by atoms with Crippen molar-refractivity contribution in [1.29, 1.82) is 0 Å². The number of hydrogen-bond acceptors (Lipinski definition) is 4. The van der Waals surface area contributed by atoms with Crippen LogP contribution in [0.5, 0.6) is 0 Å². The van der Waals surface area contributed by atoms with E-state index >= 15 is 0 Å².